The molecule has 0 saturated carbocycles. The third-order valence-electron chi connectivity index (χ3n) is 4.57. The maximum atomic E-state index is 12.3. The van der Waals surface area contributed by atoms with Crippen LogP contribution in [0, 0.1) is 11.3 Å². The van der Waals surface area contributed by atoms with E-state index in [1.54, 1.807) is 18.3 Å². The molecular weight excluding hydrogens is 390 g/mol. The first-order valence-corrected chi connectivity index (χ1v) is 10.3. The van der Waals surface area contributed by atoms with E-state index < -0.39 is 5.56 Å². The van der Waals surface area contributed by atoms with Gasteiger partial charge in [0.25, 0.3) is 5.56 Å². The molecular formula is C24H25N5O2. The number of hydrogen-bond donors (Lipinski definition) is 2. The first kappa shape index (κ1) is 21.9. The summed E-state index contributed by atoms with van der Waals surface area (Å²) in [6.45, 7) is 3.49. The van der Waals surface area contributed by atoms with E-state index in [9.17, 15) is 10.1 Å². The molecule has 0 saturated heterocycles. The van der Waals surface area contributed by atoms with Crippen molar-refractivity contribution in [2.45, 2.75) is 32.8 Å². The van der Waals surface area contributed by atoms with E-state index >= 15 is 0 Å². The summed E-state index contributed by atoms with van der Waals surface area (Å²) in [5.74, 6) is 0.162. The van der Waals surface area contributed by atoms with Crippen LogP contribution in [-0.4, -0.2) is 22.8 Å². The van der Waals surface area contributed by atoms with Gasteiger partial charge in [-0.25, -0.2) is 10.4 Å². The van der Waals surface area contributed by atoms with Crippen LogP contribution in [-0.2, 0) is 11.3 Å². The van der Waals surface area contributed by atoms with E-state index in [-0.39, 0.29) is 11.5 Å². The van der Waals surface area contributed by atoms with Crippen molar-refractivity contribution in [2.75, 3.05) is 12.0 Å². The average molecular weight is 415 g/mol. The first-order valence-electron chi connectivity index (χ1n) is 10.3. The monoisotopic (exact) mass is 415 g/mol. The molecule has 7 nitrogen and oxygen atoms in total. The number of aromatic amines is 1. The molecule has 0 aliphatic heterocycles. The number of nitrogens with one attached hydrogen (secondary N) is 2. The number of aromatic nitrogens is 2. The smallest absolute Gasteiger partial charge is 0.270 e. The van der Waals surface area contributed by atoms with E-state index in [2.05, 4.69) is 27.4 Å². The summed E-state index contributed by atoms with van der Waals surface area (Å²) in [5.41, 5.74) is 5.14. The minimum atomic E-state index is -0.517. The molecule has 1 aromatic heterocycles. The zero-order valence-electron chi connectivity index (χ0n) is 17.5. The fourth-order valence-corrected chi connectivity index (χ4v) is 3.01. The molecule has 0 bridgehead atoms. The maximum Gasteiger partial charge on any atom is 0.270 e. The normalized spacial score (nSPS) is 10.8. The Morgan fingerprint density at radius 1 is 1.19 bits per heavy atom. The molecule has 2 N–H and O–H groups in total. The maximum absolute atomic E-state index is 12.3. The number of H-pyrrole nitrogens is 1. The topological polar surface area (TPSA) is 103 Å². The Balaban J connectivity index is 1.69. The van der Waals surface area contributed by atoms with Gasteiger partial charge >= 0.3 is 0 Å². The number of unbranched alkanes of at least 4 members (excludes halogenated alkanes) is 2. The van der Waals surface area contributed by atoms with E-state index in [1.807, 2.05) is 48.5 Å². The van der Waals surface area contributed by atoms with Crippen molar-refractivity contribution in [3.63, 3.8) is 0 Å². The number of ether oxygens (including phenoxy) is 1. The number of benzene rings is 2. The Morgan fingerprint density at radius 3 is 2.81 bits per heavy atom. The van der Waals surface area contributed by atoms with Crippen molar-refractivity contribution in [1.82, 2.24) is 9.97 Å². The highest BCUT2D eigenvalue weighted by Crippen LogP contribution is 2.19. The zero-order valence-corrected chi connectivity index (χ0v) is 17.5. The molecule has 0 aliphatic rings. The Hall–Kier alpha value is -3.76. The Labute approximate surface area is 181 Å². The van der Waals surface area contributed by atoms with Crippen molar-refractivity contribution in [3.8, 4) is 17.3 Å². The Kier molecular flexibility index (Phi) is 8.09. The van der Waals surface area contributed by atoms with Gasteiger partial charge in [0.2, 0.25) is 5.95 Å². The lowest BCUT2D eigenvalue weighted by atomic mass is 10.1. The van der Waals surface area contributed by atoms with Gasteiger partial charge in [0.05, 0.1) is 18.5 Å². The predicted molar refractivity (Wildman–Crippen MR) is 122 cm³/mol. The molecule has 0 aliphatic carbocycles. The lowest BCUT2D eigenvalue weighted by Crippen LogP contribution is -2.16. The minimum absolute atomic E-state index is 0.0348. The van der Waals surface area contributed by atoms with Gasteiger partial charge in [-0.05, 0) is 23.6 Å². The number of hydrogen-bond acceptors (Lipinski definition) is 6. The van der Waals surface area contributed by atoms with Gasteiger partial charge in [-0.3, -0.25) is 9.78 Å². The van der Waals surface area contributed by atoms with Crippen LogP contribution in [0.15, 0.2) is 64.5 Å². The molecule has 0 fully saturated rings. The number of hydrazone groups is 1. The number of nitrogens with zero attached hydrogens (tertiary/aromatic N) is 3. The highest BCUT2D eigenvalue weighted by molar-refractivity contribution is 5.80. The molecule has 0 radical (unpaired) electrons. The van der Waals surface area contributed by atoms with Gasteiger partial charge in [-0.15, -0.1) is 0 Å². The van der Waals surface area contributed by atoms with Gasteiger partial charge in [0, 0.05) is 12.2 Å². The Morgan fingerprint density at radius 2 is 2.03 bits per heavy atom. The summed E-state index contributed by atoms with van der Waals surface area (Å²) >= 11 is 0. The van der Waals surface area contributed by atoms with E-state index in [1.165, 1.54) is 12.8 Å². The summed E-state index contributed by atoms with van der Waals surface area (Å²) < 4.78 is 5.70. The van der Waals surface area contributed by atoms with Crippen LogP contribution in [0.1, 0.15) is 42.9 Å². The van der Waals surface area contributed by atoms with Crippen molar-refractivity contribution in [1.29, 1.82) is 5.26 Å². The fourth-order valence-electron chi connectivity index (χ4n) is 3.01. The van der Waals surface area contributed by atoms with Gasteiger partial charge in [0.1, 0.15) is 11.6 Å². The number of nitriles is 1. The highest BCUT2D eigenvalue weighted by Gasteiger charge is 2.12. The SMILES string of the molecule is CCCCCOCc1cccc(C=NNc2nc(-c3ccccc3)c(C#N)c(=O)[nH]2)c1. The van der Waals surface area contributed by atoms with Crippen LogP contribution in [0.4, 0.5) is 5.95 Å². The average Bonchev–Trinajstić information content (AvgIpc) is 2.79. The van der Waals surface area contributed by atoms with Crippen LogP contribution in [0.3, 0.4) is 0 Å². The quantitative estimate of drug-likeness (QED) is 0.289. The molecule has 0 unspecified atom stereocenters. The van der Waals surface area contributed by atoms with Crippen LogP contribution in [0.25, 0.3) is 11.3 Å². The largest absolute Gasteiger partial charge is 0.377 e. The molecule has 0 atom stereocenters. The van der Waals surface area contributed by atoms with Crippen molar-refractivity contribution in [2.24, 2.45) is 5.10 Å². The second-order valence-electron chi connectivity index (χ2n) is 6.99. The summed E-state index contributed by atoms with van der Waals surface area (Å²) in [7, 11) is 0. The standard InChI is InChI=1S/C24H25N5O2/c1-2-3-7-13-31-17-19-10-8-9-18(14-19)16-26-29-24-27-22(20-11-5-4-6-12-20)21(15-25)23(30)28-24/h4-6,8-12,14,16H,2-3,7,13,17H2,1H3,(H2,27,28,29,30). The minimum Gasteiger partial charge on any atom is -0.377 e. The van der Waals surface area contributed by atoms with Gasteiger partial charge in [-0.2, -0.15) is 10.4 Å². The molecule has 158 valence electrons. The molecule has 7 heteroatoms. The summed E-state index contributed by atoms with van der Waals surface area (Å²) in [6, 6.07) is 18.9. The molecule has 1 heterocycles. The third kappa shape index (κ3) is 6.36. The number of rotatable bonds is 10. The van der Waals surface area contributed by atoms with E-state index in [4.69, 9.17) is 4.74 Å². The molecule has 0 spiro atoms. The fraction of sp³-hybridized carbons (Fsp3) is 0.250. The lowest BCUT2D eigenvalue weighted by molar-refractivity contribution is 0.117. The van der Waals surface area contributed by atoms with Crippen molar-refractivity contribution in [3.05, 3.63) is 81.6 Å². The first-order chi connectivity index (χ1) is 15.2. The second-order valence-corrected chi connectivity index (χ2v) is 6.99. The molecule has 3 aromatic rings. The highest BCUT2D eigenvalue weighted by atomic mass is 16.5. The van der Waals surface area contributed by atoms with Gasteiger partial charge in [-0.1, -0.05) is 68.3 Å². The second kappa shape index (κ2) is 11.4. The number of anilines is 1. The zero-order chi connectivity index (χ0) is 21.9. The third-order valence-corrected chi connectivity index (χ3v) is 4.57. The molecule has 2 aromatic carbocycles. The van der Waals surface area contributed by atoms with Crippen LogP contribution >= 0.6 is 0 Å². The van der Waals surface area contributed by atoms with E-state index in [0.29, 0.717) is 17.9 Å². The van der Waals surface area contributed by atoms with Crippen LogP contribution in [0.5, 0.6) is 0 Å². The molecule has 31 heavy (non-hydrogen) atoms. The van der Waals surface area contributed by atoms with Gasteiger partial charge < -0.3 is 4.74 Å². The summed E-state index contributed by atoms with van der Waals surface area (Å²) in [6.07, 6.45) is 5.06. The molecule has 0 amide bonds. The summed E-state index contributed by atoms with van der Waals surface area (Å²) in [4.78, 5) is 19.2. The molecule has 3 rings (SSSR count). The van der Waals surface area contributed by atoms with Crippen molar-refractivity contribution >= 4 is 12.2 Å². The van der Waals surface area contributed by atoms with Crippen LogP contribution in [0.2, 0.25) is 0 Å². The van der Waals surface area contributed by atoms with Gasteiger partial charge in [0.15, 0.2) is 0 Å². The Bertz CT molecular complexity index is 1120. The van der Waals surface area contributed by atoms with Crippen molar-refractivity contribution < 1.29 is 4.74 Å². The van der Waals surface area contributed by atoms with Crippen LogP contribution < -0.4 is 11.0 Å². The van der Waals surface area contributed by atoms with E-state index in [0.717, 1.165) is 24.2 Å². The summed E-state index contributed by atoms with van der Waals surface area (Å²) in [5, 5.41) is 13.5. The lowest BCUT2D eigenvalue weighted by Gasteiger charge is -2.06. The predicted octanol–water partition coefficient (Wildman–Crippen LogP) is 4.46.